The number of aromatic amines is 2. The molecule has 0 aromatic carbocycles. The number of aryl methyl sites for hydroxylation is 3. The lowest BCUT2D eigenvalue weighted by molar-refractivity contribution is 0.713. The van der Waals surface area contributed by atoms with Gasteiger partial charge in [-0.1, -0.05) is 53.4 Å². The van der Waals surface area contributed by atoms with Crippen LogP contribution in [0.25, 0.3) is 46.4 Å². The van der Waals surface area contributed by atoms with Crippen LogP contribution >= 0.6 is 0 Å². The predicted octanol–water partition coefficient (Wildman–Crippen LogP) is 9.25. The minimum atomic E-state index is 0.921. The van der Waals surface area contributed by atoms with E-state index >= 15 is 0 Å². The molecule has 0 spiro atoms. The van der Waals surface area contributed by atoms with E-state index < -0.39 is 0 Å². The van der Waals surface area contributed by atoms with Crippen molar-refractivity contribution in [2.45, 2.75) is 91.9 Å². The van der Waals surface area contributed by atoms with Crippen molar-refractivity contribution in [1.29, 1.82) is 0 Å². The number of aromatic nitrogens is 4. The maximum atomic E-state index is 5.26. The van der Waals surface area contributed by atoms with Gasteiger partial charge in [-0.15, -0.1) is 0 Å². The van der Waals surface area contributed by atoms with Gasteiger partial charge in [0.2, 0.25) is 0 Å². The molecule has 0 fully saturated rings. The molecule has 4 heteroatoms. The minimum Gasteiger partial charge on any atom is -0.355 e. The fraction of sp³-hybridized carbons (Fsp3) is 0.412. The summed E-state index contributed by atoms with van der Waals surface area (Å²) < 4.78 is 0. The second kappa shape index (κ2) is 12.0. The molecule has 38 heavy (non-hydrogen) atoms. The Balaban J connectivity index is 1.86. The van der Waals surface area contributed by atoms with Crippen LogP contribution in [0.3, 0.4) is 0 Å². The van der Waals surface area contributed by atoms with Crippen LogP contribution in [-0.4, -0.2) is 19.9 Å². The van der Waals surface area contributed by atoms with Crippen molar-refractivity contribution in [3.63, 3.8) is 0 Å². The van der Waals surface area contributed by atoms with E-state index in [-0.39, 0.29) is 0 Å². The SMILES string of the molecule is CCCCCc1c2nc(c(CC)c3ccc([nH]3)c(CC)c3ccc([nH]3)c(CCCCC)c3nc1C=C3)C=C2. The van der Waals surface area contributed by atoms with Gasteiger partial charge in [0, 0.05) is 38.8 Å². The first-order valence-electron chi connectivity index (χ1n) is 14.8. The second-order valence-electron chi connectivity index (χ2n) is 10.5. The van der Waals surface area contributed by atoms with E-state index in [9.17, 15) is 0 Å². The molecular formula is C34H42N4. The van der Waals surface area contributed by atoms with Crippen molar-refractivity contribution < 1.29 is 0 Å². The first-order valence-corrected chi connectivity index (χ1v) is 14.8. The summed E-state index contributed by atoms with van der Waals surface area (Å²) in [6.07, 6.45) is 19.9. The molecule has 198 valence electrons. The Morgan fingerprint density at radius 2 is 0.868 bits per heavy atom. The van der Waals surface area contributed by atoms with Crippen LogP contribution in [0.4, 0.5) is 0 Å². The normalized spacial score (nSPS) is 12.5. The summed E-state index contributed by atoms with van der Waals surface area (Å²) in [7, 11) is 0. The summed E-state index contributed by atoms with van der Waals surface area (Å²) >= 11 is 0. The Kier molecular flexibility index (Phi) is 8.26. The zero-order chi connectivity index (χ0) is 26.5. The van der Waals surface area contributed by atoms with Gasteiger partial charge in [-0.2, -0.15) is 0 Å². The smallest absolute Gasteiger partial charge is 0.0691 e. The zero-order valence-corrected chi connectivity index (χ0v) is 23.6. The van der Waals surface area contributed by atoms with E-state index in [1.165, 1.54) is 70.9 Å². The Morgan fingerprint density at radius 1 is 0.474 bits per heavy atom. The van der Waals surface area contributed by atoms with Crippen molar-refractivity contribution >= 4 is 46.4 Å². The van der Waals surface area contributed by atoms with Gasteiger partial charge >= 0.3 is 0 Å². The molecule has 3 aromatic rings. The maximum Gasteiger partial charge on any atom is 0.0691 e. The first-order chi connectivity index (χ1) is 18.7. The van der Waals surface area contributed by atoms with Crippen molar-refractivity contribution in [1.82, 2.24) is 19.9 Å². The maximum absolute atomic E-state index is 5.26. The van der Waals surface area contributed by atoms with Gasteiger partial charge in [0.1, 0.15) is 0 Å². The van der Waals surface area contributed by atoms with Crippen LogP contribution in [-0.2, 0) is 25.7 Å². The molecular weight excluding hydrogens is 464 g/mol. The summed E-state index contributed by atoms with van der Waals surface area (Å²) in [5, 5.41) is 0. The van der Waals surface area contributed by atoms with Crippen molar-refractivity contribution in [3.05, 3.63) is 69.3 Å². The van der Waals surface area contributed by atoms with Gasteiger partial charge < -0.3 is 9.97 Å². The van der Waals surface area contributed by atoms with Crippen molar-refractivity contribution in [3.8, 4) is 0 Å². The largest absolute Gasteiger partial charge is 0.355 e. The highest BCUT2D eigenvalue weighted by molar-refractivity contribution is 5.83. The average Bonchev–Trinajstić information content (AvgIpc) is 3.74. The van der Waals surface area contributed by atoms with E-state index in [1.54, 1.807) is 0 Å². The summed E-state index contributed by atoms with van der Waals surface area (Å²) in [6.45, 7) is 8.98. The molecule has 2 N–H and O–H groups in total. The quantitative estimate of drug-likeness (QED) is 0.185. The van der Waals surface area contributed by atoms with Gasteiger partial charge in [-0.3, -0.25) is 0 Å². The van der Waals surface area contributed by atoms with Crippen LogP contribution in [0.1, 0.15) is 111 Å². The molecule has 0 aliphatic carbocycles. The number of rotatable bonds is 10. The van der Waals surface area contributed by atoms with Crippen LogP contribution < -0.4 is 0 Å². The molecule has 0 unspecified atom stereocenters. The summed E-state index contributed by atoms with van der Waals surface area (Å²) in [4.78, 5) is 18.0. The molecule has 0 radical (unpaired) electrons. The van der Waals surface area contributed by atoms with Crippen molar-refractivity contribution in [2.75, 3.05) is 0 Å². The first kappa shape index (κ1) is 26.2. The molecule has 5 heterocycles. The predicted molar refractivity (Wildman–Crippen MR) is 164 cm³/mol. The molecule has 2 aliphatic rings. The third-order valence-corrected chi connectivity index (χ3v) is 7.96. The monoisotopic (exact) mass is 506 g/mol. The lowest BCUT2D eigenvalue weighted by atomic mass is 10.0. The Bertz CT molecular complexity index is 1510. The Hall–Kier alpha value is -3.40. The number of nitrogens with one attached hydrogen (secondary N) is 2. The number of unbranched alkanes of at least 4 members (excludes halogenated alkanes) is 4. The van der Waals surface area contributed by atoms with Crippen LogP contribution in [0.15, 0.2) is 24.3 Å². The molecule has 5 rings (SSSR count). The van der Waals surface area contributed by atoms with Gasteiger partial charge in [0.15, 0.2) is 0 Å². The van der Waals surface area contributed by atoms with Crippen molar-refractivity contribution in [2.24, 2.45) is 0 Å². The van der Waals surface area contributed by atoms with Crippen LogP contribution in [0.2, 0.25) is 0 Å². The number of H-pyrrole nitrogens is 2. The number of fused-ring (bicyclic) bond motifs is 8. The summed E-state index contributed by atoms with van der Waals surface area (Å²) in [5.74, 6) is 0. The highest BCUT2D eigenvalue weighted by atomic mass is 14.8. The Morgan fingerprint density at radius 3 is 1.34 bits per heavy atom. The average molecular weight is 507 g/mol. The second-order valence-corrected chi connectivity index (χ2v) is 10.5. The van der Waals surface area contributed by atoms with E-state index in [1.807, 2.05) is 0 Å². The summed E-state index contributed by atoms with van der Waals surface area (Å²) in [6, 6.07) is 8.94. The van der Waals surface area contributed by atoms with E-state index in [0.717, 1.165) is 60.4 Å². The Labute approximate surface area is 227 Å². The molecule has 0 amide bonds. The van der Waals surface area contributed by atoms with Gasteiger partial charge in [0.05, 0.1) is 22.8 Å². The lowest BCUT2D eigenvalue weighted by Crippen LogP contribution is -1.96. The van der Waals surface area contributed by atoms with E-state index in [0.29, 0.717) is 0 Å². The molecule has 3 aromatic heterocycles. The van der Waals surface area contributed by atoms with Gasteiger partial charge in [-0.05, 0) is 92.7 Å². The topological polar surface area (TPSA) is 57.4 Å². The molecule has 2 aliphatic heterocycles. The molecule has 4 nitrogen and oxygen atoms in total. The highest BCUT2D eigenvalue weighted by Gasteiger charge is 2.16. The minimum absolute atomic E-state index is 0.921. The van der Waals surface area contributed by atoms with Crippen LogP contribution in [0, 0.1) is 0 Å². The molecule has 0 atom stereocenters. The molecule has 0 saturated carbocycles. The number of hydrogen-bond acceptors (Lipinski definition) is 2. The zero-order valence-electron chi connectivity index (χ0n) is 23.6. The third kappa shape index (κ3) is 5.27. The molecule has 8 bridgehead atoms. The number of nitrogens with zero attached hydrogens (tertiary/aromatic N) is 2. The number of hydrogen-bond donors (Lipinski definition) is 2. The standard InChI is InChI=1S/C34H42N4/c1-5-9-11-13-25-31-19-17-29(36-31)23(7-3)27-15-16-28(35-27)24(8-4)30-18-20-32(37-30)26(14-12-10-6-2)34-22-21-33(25)38-34/h15-22,35-36H,5-14H2,1-4H3. The van der Waals surface area contributed by atoms with Crippen LogP contribution in [0.5, 0.6) is 0 Å². The van der Waals surface area contributed by atoms with Gasteiger partial charge in [-0.25, -0.2) is 9.97 Å². The third-order valence-electron chi connectivity index (χ3n) is 7.96. The lowest BCUT2D eigenvalue weighted by Gasteiger charge is -2.05. The molecule has 0 saturated heterocycles. The van der Waals surface area contributed by atoms with E-state index in [2.05, 4.69) is 86.2 Å². The highest BCUT2D eigenvalue weighted by Crippen LogP contribution is 2.29. The fourth-order valence-electron chi connectivity index (χ4n) is 5.82. The summed E-state index contributed by atoms with van der Waals surface area (Å²) in [5.41, 5.74) is 14.2. The van der Waals surface area contributed by atoms with E-state index in [4.69, 9.17) is 9.97 Å². The van der Waals surface area contributed by atoms with Gasteiger partial charge in [0.25, 0.3) is 0 Å². The fourth-order valence-corrected chi connectivity index (χ4v) is 5.82.